The molecule has 0 unspecified atom stereocenters. The van der Waals surface area contributed by atoms with Crippen LogP contribution in [0.5, 0.6) is 0 Å². The average Bonchev–Trinajstić information content (AvgIpc) is 1.38. The molecule has 0 saturated heterocycles. The van der Waals surface area contributed by atoms with Gasteiger partial charge in [-0.25, -0.2) is 0 Å². The fourth-order valence-corrected chi connectivity index (χ4v) is 0. The summed E-state index contributed by atoms with van der Waals surface area (Å²) >= 11 is 0.125. The normalized spacial score (nSPS) is 8.60. The maximum absolute atomic E-state index is 6.72. The van der Waals surface area contributed by atoms with E-state index in [-0.39, 0.29) is 15.0 Å². The third-order valence-corrected chi connectivity index (χ3v) is 0.972. The molecule has 0 aliphatic rings. The van der Waals surface area contributed by atoms with Crippen LogP contribution in [-0.2, 0) is 15.0 Å². The van der Waals surface area contributed by atoms with Gasteiger partial charge < -0.3 is 0 Å². The van der Waals surface area contributed by atoms with Crippen LogP contribution in [0.4, 0.5) is 0 Å². The van der Waals surface area contributed by atoms with Crippen LogP contribution >= 0.6 is 0 Å². The number of hydrogen-bond donors (Lipinski definition) is 1. The summed E-state index contributed by atoms with van der Waals surface area (Å²) in [5.74, 6) is 0. The number of nitrogens with one attached hydrogen (secondary N) is 1. The summed E-state index contributed by atoms with van der Waals surface area (Å²) in [7, 11) is 0. The van der Waals surface area contributed by atoms with Crippen molar-refractivity contribution in [2.75, 3.05) is 0 Å². The van der Waals surface area contributed by atoms with Crippen molar-refractivity contribution in [2.45, 2.75) is 18.6 Å². The molecule has 0 amide bonds. The van der Waals surface area contributed by atoms with E-state index < -0.39 is 0 Å². The number of hydrogen-bond acceptors (Lipinski definition) is 1. The van der Waals surface area contributed by atoms with Crippen molar-refractivity contribution >= 4 is 0 Å². The van der Waals surface area contributed by atoms with Crippen molar-refractivity contribution in [2.24, 2.45) is 0 Å². The number of rotatable bonds is 1. The average molecular weight is 110 g/mol. The third kappa shape index (κ3) is 4.33. The monoisotopic (exact) mass is 110 g/mol. The molecule has 0 aromatic heterocycles. The molecule has 0 saturated carbocycles. The fraction of sp³-hybridized carbons (Fsp3) is 1.00. The predicted octanol–water partition coefficient (Wildman–Crippen LogP) is 1.66. The van der Waals surface area contributed by atoms with Crippen LogP contribution in [0.2, 0.25) is 4.78 Å². The van der Waals surface area contributed by atoms with E-state index in [1.807, 2.05) is 0 Å². The Hall–Kier alpha value is 0.332. The van der Waals surface area contributed by atoms with E-state index >= 15 is 0 Å². The second-order valence-electron chi connectivity index (χ2n) is 1.17. The van der Waals surface area contributed by atoms with Crippen molar-refractivity contribution in [1.82, 2.24) is 0 Å². The molecule has 1 nitrogen and oxygen atoms in total. The van der Waals surface area contributed by atoms with E-state index in [2.05, 4.69) is 13.8 Å². The van der Waals surface area contributed by atoms with Crippen molar-refractivity contribution in [3.63, 3.8) is 0 Å². The van der Waals surface area contributed by atoms with Gasteiger partial charge in [-0.2, -0.15) is 0 Å². The van der Waals surface area contributed by atoms with Crippen LogP contribution < -0.4 is 0 Å². The zero-order valence-electron chi connectivity index (χ0n) is 3.49. The summed E-state index contributed by atoms with van der Waals surface area (Å²) in [4.78, 5) is 0. The first-order chi connectivity index (χ1) is 2.27. The van der Waals surface area contributed by atoms with E-state index in [4.69, 9.17) is 4.35 Å². The van der Waals surface area contributed by atoms with Crippen LogP contribution in [-0.4, -0.2) is 0 Å². The molecule has 0 heterocycles. The topological polar surface area (TPSA) is 23.9 Å². The van der Waals surface area contributed by atoms with Gasteiger partial charge in [0.15, 0.2) is 0 Å². The van der Waals surface area contributed by atoms with Crippen LogP contribution in [0.25, 0.3) is 0 Å². The van der Waals surface area contributed by atoms with Crippen LogP contribution in [0.1, 0.15) is 13.8 Å². The van der Waals surface area contributed by atoms with Gasteiger partial charge in [-0.1, -0.05) is 0 Å². The van der Waals surface area contributed by atoms with Crippen LogP contribution in [0, 0.1) is 4.35 Å². The molecule has 0 rings (SSSR count). The molecule has 0 aliphatic heterocycles. The van der Waals surface area contributed by atoms with E-state index in [0.717, 1.165) is 0 Å². The van der Waals surface area contributed by atoms with Gasteiger partial charge in [0.1, 0.15) is 0 Å². The first-order valence-corrected chi connectivity index (χ1v) is 2.97. The van der Waals surface area contributed by atoms with Gasteiger partial charge in [-0.3, -0.25) is 0 Å². The summed E-state index contributed by atoms with van der Waals surface area (Å²) in [6.07, 6.45) is 0. The van der Waals surface area contributed by atoms with Crippen molar-refractivity contribution in [3.05, 3.63) is 0 Å². The zero-order valence-corrected chi connectivity index (χ0v) is 4.76. The Balaban J connectivity index is 2.83. The summed E-state index contributed by atoms with van der Waals surface area (Å²) < 4.78 is 7.33. The van der Waals surface area contributed by atoms with E-state index in [1.165, 1.54) is 0 Å². The van der Waals surface area contributed by atoms with Gasteiger partial charge in [0.25, 0.3) is 0 Å². The fourth-order valence-electron chi connectivity index (χ4n) is 0. The van der Waals surface area contributed by atoms with Crippen molar-refractivity contribution in [1.29, 1.82) is 4.35 Å². The van der Waals surface area contributed by atoms with Gasteiger partial charge in [0.05, 0.1) is 0 Å². The predicted molar refractivity (Wildman–Crippen MR) is 17.8 cm³/mol. The van der Waals surface area contributed by atoms with Crippen LogP contribution in [0.3, 0.4) is 0 Å². The van der Waals surface area contributed by atoms with Crippen molar-refractivity contribution < 1.29 is 15.0 Å². The molecule has 31 valence electrons. The minimum absolute atomic E-state index is 0.125. The second-order valence-corrected chi connectivity index (χ2v) is 3.01. The summed E-state index contributed by atoms with van der Waals surface area (Å²) in [5, 5.41) is 0. The van der Waals surface area contributed by atoms with Gasteiger partial charge in [0.2, 0.25) is 0 Å². The van der Waals surface area contributed by atoms with Gasteiger partial charge >= 0.3 is 38.0 Å². The minimum atomic E-state index is 0.125. The molecule has 5 heavy (non-hydrogen) atoms. The first kappa shape index (κ1) is 5.33. The van der Waals surface area contributed by atoms with Gasteiger partial charge in [-0.15, -0.1) is 0 Å². The Morgan fingerprint density at radius 1 is 1.60 bits per heavy atom. The molecule has 0 bridgehead atoms. The Kier molecular flexibility index (Phi) is 2.73. The maximum atomic E-state index is 6.72. The molecule has 0 aromatic carbocycles. The van der Waals surface area contributed by atoms with Gasteiger partial charge in [-0.05, 0) is 0 Å². The molecule has 0 fully saturated rings. The van der Waals surface area contributed by atoms with Crippen LogP contribution in [0.15, 0.2) is 0 Å². The Labute approximate surface area is 38.7 Å². The third-order valence-electron chi connectivity index (χ3n) is 0.236. The molecule has 2 heteroatoms. The molecule has 0 aromatic rings. The Morgan fingerprint density at radius 3 is 1.80 bits per heavy atom. The quantitative estimate of drug-likeness (QED) is 0.530. The Bertz CT molecular complexity index is 33.9. The molecular weight excluding hydrogens is 102 g/mol. The Morgan fingerprint density at radius 2 is 1.80 bits per heavy atom. The summed E-state index contributed by atoms with van der Waals surface area (Å²) in [6.45, 7) is 4.12. The summed E-state index contributed by atoms with van der Waals surface area (Å²) in [6, 6.07) is 0. The zero-order chi connectivity index (χ0) is 4.28. The second kappa shape index (κ2) is 2.56. The summed E-state index contributed by atoms with van der Waals surface area (Å²) in [5.41, 5.74) is 0. The molecule has 1 N–H and O–H groups in total. The standard InChI is InChI=1S/C3H7.Cr.HN/c1-3-2;;/h3H,1-2H3;;1H. The van der Waals surface area contributed by atoms with E-state index in [1.54, 1.807) is 0 Å². The van der Waals surface area contributed by atoms with Gasteiger partial charge in [0, 0.05) is 0 Å². The molecule has 0 aliphatic carbocycles. The molecular formula is C3H8CrN. The van der Waals surface area contributed by atoms with E-state index in [9.17, 15) is 0 Å². The van der Waals surface area contributed by atoms with E-state index in [0.29, 0.717) is 4.78 Å². The molecule has 0 atom stereocenters. The first-order valence-electron chi connectivity index (χ1n) is 1.59. The molecule has 0 radical (unpaired) electrons. The molecule has 0 spiro atoms. The SMILES string of the molecule is C[CH](C)[Cr]=[NH]. The van der Waals surface area contributed by atoms with Crippen molar-refractivity contribution in [3.8, 4) is 0 Å².